The molecule has 2 N–H and O–H groups in total. The van der Waals surface area contributed by atoms with E-state index in [2.05, 4.69) is 16.0 Å². The topological polar surface area (TPSA) is 42.1 Å². The van der Waals surface area contributed by atoms with Crippen LogP contribution in [-0.2, 0) is 6.42 Å². The third-order valence-electron chi connectivity index (χ3n) is 3.06. The summed E-state index contributed by atoms with van der Waals surface area (Å²) in [7, 11) is 0. The summed E-state index contributed by atoms with van der Waals surface area (Å²) in [5.41, 5.74) is 7.17. The molecule has 1 fully saturated rings. The van der Waals surface area contributed by atoms with Gasteiger partial charge in [0.05, 0.1) is 0 Å². The van der Waals surface area contributed by atoms with Gasteiger partial charge in [-0.3, -0.25) is 0 Å². The highest BCUT2D eigenvalue weighted by atomic mass is 15.2. The Morgan fingerprint density at radius 3 is 2.81 bits per heavy atom. The van der Waals surface area contributed by atoms with Crippen LogP contribution >= 0.6 is 0 Å². The number of anilines is 1. The smallest absolute Gasteiger partial charge is 0.131 e. The molecule has 16 heavy (non-hydrogen) atoms. The van der Waals surface area contributed by atoms with E-state index < -0.39 is 0 Å². The summed E-state index contributed by atoms with van der Waals surface area (Å²) >= 11 is 0. The molecule has 0 radical (unpaired) electrons. The minimum absolute atomic E-state index is 0.202. The van der Waals surface area contributed by atoms with Crippen LogP contribution in [0, 0.1) is 0 Å². The van der Waals surface area contributed by atoms with Gasteiger partial charge in [-0.1, -0.05) is 6.07 Å². The molecule has 1 aliphatic heterocycles. The molecule has 0 amide bonds. The van der Waals surface area contributed by atoms with Crippen molar-refractivity contribution in [1.29, 1.82) is 0 Å². The molecule has 1 aliphatic rings. The maximum Gasteiger partial charge on any atom is 0.131 e. The average Bonchev–Trinajstić information content (AvgIpc) is 2.30. The molecule has 0 bridgehead atoms. The van der Waals surface area contributed by atoms with Gasteiger partial charge < -0.3 is 10.6 Å². The summed E-state index contributed by atoms with van der Waals surface area (Å²) in [5, 5.41) is 0. The van der Waals surface area contributed by atoms with Gasteiger partial charge >= 0.3 is 0 Å². The van der Waals surface area contributed by atoms with Crippen LogP contribution < -0.4 is 10.6 Å². The molecule has 2 rings (SSSR count). The highest BCUT2D eigenvalue weighted by molar-refractivity contribution is 5.47. The first kappa shape index (κ1) is 11.4. The molecule has 1 aromatic rings. The van der Waals surface area contributed by atoms with Crippen LogP contribution in [0.15, 0.2) is 18.3 Å². The van der Waals surface area contributed by atoms with E-state index in [-0.39, 0.29) is 6.04 Å². The summed E-state index contributed by atoms with van der Waals surface area (Å²) < 4.78 is 0. The lowest BCUT2D eigenvalue weighted by molar-refractivity contribution is 0.570. The van der Waals surface area contributed by atoms with Gasteiger partial charge in [-0.15, -0.1) is 0 Å². The van der Waals surface area contributed by atoms with Crippen molar-refractivity contribution in [2.75, 3.05) is 18.0 Å². The van der Waals surface area contributed by atoms with E-state index in [1.165, 1.54) is 24.8 Å². The maximum absolute atomic E-state index is 5.88. The van der Waals surface area contributed by atoms with Crippen molar-refractivity contribution >= 4 is 5.82 Å². The lowest BCUT2D eigenvalue weighted by Crippen LogP contribution is -2.31. The molecule has 1 saturated heterocycles. The minimum Gasteiger partial charge on any atom is -0.356 e. The Morgan fingerprint density at radius 1 is 1.38 bits per heavy atom. The first-order valence-corrected chi connectivity index (χ1v) is 6.22. The zero-order chi connectivity index (χ0) is 11.4. The van der Waals surface area contributed by atoms with E-state index >= 15 is 0 Å². The number of nitrogens with zero attached hydrogens (tertiary/aromatic N) is 2. The van der Waals surface area contributed by atoms with Gasteiger partial charge in [-0.2, -0.15) is 0 Å². The molecule has 1 aromatic heterocycles. The number of aromatic nitrogens is 1. The lowest BCUT2D eigenvalue weighted by Gasteiger charge is -2.29. The zero-order valence-electron chi connectivity index (χ0n) is 10.0. The molecule has 0 aromatic carbocycles. The van der Waals surface area contributed by atoms with Crippen LogP contribution in [0.4, 0.5) is 5.82 Å². The Hall–Kier alpha value is -1.09. The van der Waals surface area contributed by atoms with Crippen LogP contribution in [-0.4, -0.2) is 24.1 Å². The van der Waals surface area contributed by atoms with Crippen LogP contribution in [0.1, 0.15) is 31.7 Å². The van der Waals surface area contributed by atoms with Gasteiger partial charge in [-0.05, 0) is 44.2 Å². The van der Waals surface area contributed by atoms with E-state index in [1.54, 1.807) is 0 Å². The van der Waals surface area contributed by atoms with Crippen LogP contribution in [0.5, 0.6) is 0 Å². The molecule has 0 aliphatic carbocycles. The van der Waals surface area contributed by atoms with E-state index in [0.717, 1.165) is 25.3 Å². The van der Waals surface area contributed by atoms with Gasteiger partial charge in [0.25, 0.3) is 0 Å². The van der Waals surface area contributed by atoms with Crippen molar-refractivity contribution in [3.8, 4) is 0 Å². The second kappa shape index (κ2) is 5.30. The predicted octanol–water partition coefficient (Wildman–Crippen LogP) is 1.96. The summed E-state index contributed by atoms with van der Waals surface area (Å²) in [5.74, 6) is 1.15. The number of rotatable bonds is 3. The number of nitrogens with two attached hydrogens (primary N) is 1. The molecule has 0 spiro atoms. The molecule has 3 heteroatoms. The number of hydrogen-bond acceptors (Lipinski definition) is 3. The monoisotopic (exact) mass is 219 g/mol. The second-order valence-corrected chi connectivity index (χ2v) is 4.72. The Balaban J connectivity index is 2.17. The van der Waals surface area contributed by atoms with Crippen LogP contribution in [0.2, 0.25) is 0 Å². The standard InChI is InChI=1S/C13H21N3/c1-11(14)10-12-6-5-7-15-13(12)16-8-3-2-4-9-16/h5-7,11H,2-4,8-10,14H2,1H3/t11-/m1/s1. The van der Waals surface area contributed by atoms with E-state index in [9.17, 15) is 0 Å². The fraction of sp³-hybridized carbons (Fsp3) is 0.615. The summed E-state index contributed by atoms with van der Waals surface area (Å²) in [6, 6.07) is 4.36. The van der Waals surface area contributed by atoms with Crippen LogP contribution in [0.25, 0.3) is 0 Å². The van der Waals surface area contributed by atoms with Crippen molar-refractivity contribution in [3.05, 3.63) is 23.9 Å². The SMILES string of the molecule is C[C@@H](N)Cc1cccnc1N1CCCCC1. The fourth-order valence-corrected chi connectivity index (χ4v) is 2.33. The van der Waals surface area contributed by atoms with Crippen LogP contribution in [0.3, 0.4) is 0 Å². The predicted molar refractivity (Wildman–Crippen MR) is 67.7 cm³/mol. The first-order chi connectivity index (χ1) is 7.77. The van der Waals surface area contributed by atoms with Crippen molar-refractivity contribution in [2.24, 2.45) is 5.73 Å². The van der Waals surface area contributed by atoms with Gasteiger partial charge in [0, 0.05) is 25.3 Å². The first-order valence-electron chi connectivity index (χ1n) is 6.22. The normalized spacial score (nSPS) is 18.5. The number of pyridine rings is 1. The lowest BCUT2D eigenvalue weighted by atomic mass is 10.1. The Kier molecular flexibility index (Phi) is 3.78. The highest BCUT2D eigenvalue weighted by Gasteiger charge is 2.15. The van der Waals surface area contributed by atoms with Gasteiger partial charge in [-0.25, -0.2) is 4.98 Å². The Morgan fingerprint density at radius 2 is 2.12 bits per heavy atom. The van der Waals surface area contributed by atoms with Gasteiger partial charge in [0.1, 0.15) is 5.82 Å². The third-order valence-corrected chi connectivity index (χ3v) is 3.06. The molecular formula is C13H21N3. The molecule has 0 unspecified atom stereocenters. The average molecular weight is 219 g/mol. The highest BCUT2D eigenvalue weighted by Crippen LogP contribution is 2.22. The van der Waals surface area contributed by atoms with E-state index in [0.29, 0.717) is 0 Å². The largest absolute Gasteiger partial charge is 0.356 e. The molecule has 3 nitrogen and oxygen atoms in total. The second-order valence-electron chi connectivity index (χ2n) is 4.72. The van der Waals surface area contributed by atoms with Crippen molar-refractivity contribution in [1.82, 2.24) is 4.98 Å². The van der Waals surface area contributed by atoms with E-state index in [4.69, 9.17) is 5.73 Å². The Bertz CT molecular complexity index is 330. The van der Waals surface area contributed by atoms with Crippen molar-refractivity contribution in [2.45, 2.75) is 38.6 Å². The molecule has 0 saturated carbocycles. The minimum atomic E-state index is 0.202. The van der Waals surface area contributed by atoms with Crippen molar-refractivity contribution < 1.29 is 0 Å². The summed E-state index contributed by atoms with van der Waals surface area (Å²) in [6.45, 7) is 4.33. The summed E-state index contributed by atoms with van der Waals surface area (Å²) in [4.78, 5) is 6.93. The Labute approximate surface area is 97.7 Å². The molecular weight excluding hydrogens is 198 g/mol. The van der Waals surface area contributed by atoms with Crippen molar-refractivity contribution in [3.63, 3.8) is 0 Å². The number of hydrogen-bond donors (Lipinski definition) is 1. The van der Waals surface area contributed by atoms with Gasteiger partial charge in [0.15, 0.2) is 0 Å². The van der Waals surface area contributed by atoms with Gasteiger partial charge in [0.2, 0.25) is 0 Å². The fourth-order valence-electron chi connectivity index (χ4n) is 2.33. The molecule has 1 atom stereocenters. The van der Waals surface area contributed by atoms with E-state index in [1.807, 2.05) is 19.2 Å². The summed E-state index contributed by atoms with van der Waals surface area (Å²) in [6.07, 6.45) is 6.72. The molecule has 88 valence electrons. The third kappa shape index (κ3) is 2.73. The maximum atomic E-state index is 5.88. The quantitative estimate of drug-likeness (QED) is 0.845. The number of piperidine rings is 1. The zero-order valence-corrected chi connectivity index (χ0v) is 10.0. The molecule has 2 heterocycles.